The molecule has 584 valence electrons. The third-order valence-electron chi connectivity index (χ3n) is 15.6. The summed E-state index contributed by atoms with van der Waals surface area (Å²) < 4.78 is 91.7. The Labute approximate surface area is 635 Å². The van der Waals surface area contributed by atoms with Gasteiger partial charge < -0.3 is 76.0 Å². The van der Waals surface area contributed by atoms with Crippen LogP contribution in [0.3, 0.4) is 0 Å². The fourth-order valence-electron chi connectivity index (χ4n) is 9.85. The van der Waals surface area contributed by atoms with Gasteiger partial charge in [-0.2, -0.15) is 0 Å². The maximum absolute atomic E-state index is 13.0. The molecule has 30 nitrogen and oxygen atoms in total. The maximum atomic E-state index is 13.0. The number of aromatic amines is 2. The summed E-state index contributed by atoms with van der Waals surface area (Å²) >= 11 is 5.92. The molecule has 10 rings (SSSR count). The molecule has 2 aromatic carbocycles. The van der Waals surface area contributed by atoms with Gasteiger partial charge in [-0.3, -0.25) is 48.7 Å². The molecule has 0 aliphatic carbocycles. The van der Waals surface area contributed by atoms with Crippen LogP contribution in [0.15, 0.2) is 128 Å². The Bertz CT molecular complexity index is 5000. The number of nitrogens with zero attached hydrogens (tertiary/aromatic N) is 5. The van der Waals surface area contributed by atoms with Crippen molar-refractivity contribution in [3.8, 4) is 51.7 Å². The van der Waals surface area contributed by atoms with Crippen molar-refractivity contribution in [1.29, 1.82) is 0 Å². The van der Waals surface area contributed by atoms with Gasteiger partial charge in [0.05, 0.1) is 131 Å². The van der Waals surface area contributed by atoms with Crippen molar-refractivity contribution in [2.75, 3.05) is 92.4 Å². The van der Waals surface area contributed by atoms with Crippen LogP contribution in [-0.2, 0) is 31.9 Å². The number of ketones is 2. The number of furan rings is 2. The molecule has 0 saturated carbocycles. The lowest BCUT2D eigenvalue weighted by Gasteiger charge is -2.17. The summed E-state index contributed by atoms with van der Waals surface area (Å²) in [6.45, 7) is 10.3. The van der Waals surface area contributed by atoms with E-state index in [1.807, 2.05) is 0 Å². The summed E-state index contributed by atoms with van der Waals surface area (Å²) in [5.74, 6) is 0.0171. The van der Waals surface area contributed by atoms with Crippen LogP contribution in [0.4, 0.5) is 8.78 Å². The molecule has 0 aliphatic heterocycles. The highest BCUT2D eigenvalue weighted by Crippen LogP contribution is 2.37. The molecule has 33 heteroatoms. The first-order valence-electron chi connectivity index (χ1n) is 32.4. The second-order valence-corrected chi connectivity index (χ2v) is 22.9. The van der Waals surface area contributed by atoms with Crippen LogP contribution in [0, 0.1) is 53.2 Å². The van der Waals surface area contributed by atoms with Crippen molar-refractivity contribution < 1.29 is 108 Å². The van der Waals surface area contributed by atoms with E-state index in [9.17, 15) is 52.2 Å². The fourth-order valence-corrected chi connectivity index (χ4v) is 10.2. The number of carbonyl (C=O) groups is 6. The summed E-state index contributed by atoms with van der Waals surface area (Å²) in [4.78, 5) is 121. The van der Waals surface area contributed by atoms with E-state index in [0.717, 1.165) is 16.2 Å². The topological polar surface area (TPSA) is 380 Å². The maximum Gasteiger partial charge on any atom is 0.343 e. The van der Waals surface area contributed by atoms with E-state index in [-0.39, 0.29) is 79.1 Å². The molecule has 0 unspecified atom stereocenters. The standard InChI is InChI=1S/C20H18FNO4.C18H14FNO4.C11H16N2O4.C10H13NO4.C9H10ClNO3.C9H11NO4/c1-12-19(24-2)20(25-3)16(11-22-12)18(23)17-9-8-15(26-17)10-13-4-6-14(21)7-5-13;1-10-16(21)18(23)14(9-20-10)17(22)15-7-6-13(24-15)8-11-2-4-12(19)5-3-11;1-7-9(15-3)10(16-4)8(6-12-7)11(14)13(2)17-5;1-6-8(13-2)9(14-3)7(5-11-6)10(12)15-4;1-5-8(13-2)7(10)6(4-11-5)9(12)14-3;1-5-8(13-2)7(11)6(4-10-5)9(12)14-3/h4-9,11H,10H2,1-3H3;2-7,9,21H,8H2,1H3,(H,20,23);6H,1-5H3;5H,1-4H3;4H,1-3H3;4H,1-3H3,(H,10,11). The highest BCUT2D eigenvalue weighted by molar-refractivity contribution is 6.35. The van der Waals surface area contributed by atoms with Gasteiger partial charge in [0.25, 0.3) is 5.91 Å². The number of amides is 1. The number of hydrogen-bond acceptors (Lipinski definition) is 27. The Hall–Kier alpha value is -13.0. The number of nitrogens with one attached hydrogen (secondary N) is 2. The van der Waals surface area contributed by atoms with Crippen molar-refractivity contribution >= 4 is 47.0 Å². The summed E-state index contributed by atoms with van der Waals surface area (Å²) in [6.07, 6.45) is 9.07. The Morgan fingerprint density at radius 1 is 0.427 bits per heavy atom. The van der Waals surface area contributed by atoms with Gasteiger partial charge in [-0.1, -0.05) is 35.9 Å². The lowest BCUT2D eigenvalue weighted by Crippen LogP contribution is -2.26. The zero-order chi connectivity index (χ0) is 81.8. The predicted octanol–water partition coefficient (Wildman–Crippen LogP) is 11.5. The number of aryl methyl sites for hydroxylation is 6. The van der Waals surface area contributed by atoms with Crippen molar-refractivity contribution in [2.45, 2.75) is 54.4 Å². The average molecular weight is 1550 g/mol. The molecule has 0 aliphatic rings. The van der Waals surface area contributed by atoms with E-state index in [4.69, 9.17) is 63.2 Å². The van der Waals surface area contributed by atoms with Crippen LogP contribution in [0.25, 0.3) is 0 Å². The number of methoxy groups -OCH3 is 11. The molecule has 0 radical (unpaired) electrons. The number of rotatable bonds is 21. The highest BCUT2D eigenvalue weighted by Gasteiger charge is 2.27. The number of aromatic hydroxyl groups is 1. The number of benzene rings is 2. The van der Waals surface area contributed by atoms with Gasteiger partial charge in [0.1, 0.15) is 50.4 Å². The first-order chi connectivity index (χ1) is 52.4. The van der Waals surface area contributed by atoms with E-state index in [2.05, 4.69) is 44.1 Å². The average Bonchev–Trinajstić information content (AvgIpc) is 1.68. The van der Waals surface area contributed by atoms with Crippen molar-refractivity contribution in [1.82, 2.24) is 35.0 Å². The number of aromatic nitrogens is 6. The van der Waals surface area contributed by atoms with Gasteiger partial charge in [-0.05, 0) is 101 Å². The SMILES string of the molecule is COC(=O)c1c[nH]c(C)c(OC)c1=O.COC(=O)c1cnc(C)c(OC)c1Cl.COC(=O)c1cnc(C)c(OC)c1OC.COc1c(C(=O)N(C)OC)cnc(C)c1OC.COc1c(C(=O)c2ccc(Cc3ccc(F)cc3)o2)cnc(C)c1OC.Cc1[nH]cc(C(=O)c2ccc(Cc3ccc(F)cc3)o2)c(=O)c1O. The molecule has 1 amide bonds. The monoisotopic (exact) mass is 1550 g/mol. The Morgan fingerprint density at radius 2 is 0.773 bits per heavy atom. The molecule has 110 heavy (non-hydrogen) atoms. The number of ether oxygens (including phenoxy) is 11. The van der Waals surface area contributed by atoms with Crippen LogP contribution in [0.5, 0.6) is 51.7 Å². The number of esters is 3. The smallest absolute Gasteiger partial charge is 0.343 e. The van der Waals surface area contributed by atoms with Gasteiger partial charge in [-0.15, -0.1) is 0 Å². The molecule has 0 fully saturated rings. The largest absolute Gasteiger partial charge is 0.503 e. The summed E-state index contributed by atoms with van der Waals surface area (Å²) in [5.41, 5.74) is 4.69. The Kier molecular flexibility index (Phi) is 33.3. The molecule has 10 aromatic rings. The minimum absolute atomic E-state index is 0.000801. The molecule has 0 saturated heterocycles. The lowest BCUT2D eigenvalue weighted by atomic mass is 10.1. The predicted molar refractivity (Wildman–Crippen MR) is 394 cm³/mol. The van der Waals surface area contributed by atoms with E-state index < -0.39 is 40.3 Å². The second-order valence-electron chi connectivity index (χ2n) is 22.5. The molecule has 0 bridgehead atoms. The molecule has 0 spiro atoms. The second kappa shape index (κ2) is 41.8. The Morgan fingerprint density at radius 3 is 1.19 bits per heavy atom. The number of hydrogen-bond donors (Lipinski definition) is 3. The van der Waals surface area contributed by atoms with Gasteiger partial charge in [0, 0.05) is 57.1 Å². The normalized spacial score (nSPS) is 10.2. The molecule has 8 aromatic heterocycles. The van der Waals surface area contributed by atoms with Gasteiger partial charge in [0.15, 0.2) is 63.3 Å². The van der Waals surface area contributed by atoms with Crippen LogP contribution in [-0.4, -0.2) is 168 Å². The van der Waals surface area contributed by atoms with Gasteiger partial charge >= 0.3 is 17.9 Å². The van der Waals surface area contributed by atoms with Crippen molar-refractivity contribution in [2.24, 2.45) is 0 Å². The van der Waals surface area contributed by atoms with Crippen LogP contribution in [0.1, 0.15) is 130 Å². The van der Waals surface area contributed by atoms with Crippen molar-refractivity contribution in [3.05, 3.63) is 249 Å². The summed E-state index contributed by atoms with van der Waals surface area (Å²) in [5, 5.41) is 11.0. The van der Waals surface area contributed by atoms with Crippen LogP contribution < -0.4 is 48.8 Å². The number of hydroxylamine groups is 2. The minimum atomic E-state index is -0.743. The van der Waals surface area contributed by atoms with Crippen LogP contribution in [0.2, 0.25) is 5.02 Å². The number of carbonyl (C=O) groups excluding carboxylic acids is 6. The number of halogens is 3. The highest BCUT2D eigenvalue weighted by atomic mass is 35.5. The zero-order valence-corrected chi connectivity index (χ0v) is 64.4. The first-order valence-corrected chi connectivity index (χ1v) is 32.7. The molecular weight excluding hydrogens is 1460 g/mol. The third kappa shape index (κ3) is 22.1. The summed E-state index contributed by atoms with van der Waals surface area (Å²) in [7, 11) is 18.4. The van der Waals surface area contributed by atoms with E-state index in [1.165, 1.54) is 167 Å². The molecule has 8 heterocycles. The molecule has 0 atom stereocenters. The summed E-state index contributed by atoms with van der Waals surface area (Å²) in [6, 6.07) is 18.5. The molecule has 3 N–H and O–H groups in total. The quantitative estimate of drug-likeness (QED) is 0.0260. The Balaban J connectivity index is 0.000000241. The van der Waals surface area contributed by atoms with Crippen LogP contribution >= 0.6 is 11.6 Å². The molecular formula is C77H82ClF2N7O23. The first kappa shape index (κ1) is 87.7. The van der Waals surface area contributed by atoms with E-state index in [1.54, 1.807) is 77.1 Å². The van der Waals surface area contributed by atoms with Gasteiger partial charge in [0.2, 0.25) is 22.4 Å². The number of H-pyrrole nitrogens is 2. The van der Waals surface area contributed by atoms with E-state index >= 15 is 0 Å². The zero-order valence-electron chi connectivity index (χ0n) is 63.6. The third-order valence-corrected chi connectivity index (χ3v) is 16.0. The van der Waals surface area contributed by atoms with Gasteiger partial charge in [-0.25, -0.2) is 28.2 Å². The number of pyridine rings is 6. The lowest BCUT2D eigenvalue weighted by molar-refractivity contribution is -0.0758. The fraction of sp³-hybridized carbons (Fsp3) is 0.273. The minimum Gasteiger partial charge on any atom is -0.503 e. The van der Waals surface area contributed by atoms with E-state index in [0.29, 0.717) is 98.6 Å². The van der Waals surface area contributed by atoms with Crippen molar-refractivity contribution in [3.63, 3.8) is 0 Å².